The average Bonchev–Trinajstić information content (AvgIpc) is 2.82. The smallest absolute Gasteiger partial charge is 0.337 e. The highest BCUT2D eigenvalue weighted by molar-refractivity contribution is 5.87. The maximum absolute atomic E-state index is 12.7. The van der Waals surface area contributed by atoms with Crippen LogP contribution in [0.5, 0.6) is 0 Å². The molecule has 3 rings (SSSR count). The van der Waals surface area contributed by atoms with Crippen molar-refractivity contribution in [3.63, 3.8) is 0 Å². The van der Waals surface area contributed by atoms with Crippen molar-refractivity contribution >= 4 is 28.7 Å². The predicted molar refractivity (Wildman–Crippen MR) is 122 cm³/mol. The summed E-state index contributed by atoms with van der Waals surface area (Å²) < 4.78 is 5.10. The fourth-order valence-corrected chi connectivity index (χ4v) is 3.47. The number of urea groups is 1. The van der Waals surface area contributed by atoms with Crippen LogP contribution >= 0.6 is 0 Å². The Labute approximate surface area is 191 Å². The number of carboxylic acid groups (broad SMARTS) is 1. The summed E-state index contributed by atoms with van der Waals surface area (Å²) in [5, 5.41) is 24.0. The van der Waals surface area contributed by atoms with Crippen molar-refractivity contribution in [2.45, 2.75) is 25.2 Å². The Morgan fingerprint density at radius 2 is 1.64 bits per heavy atom. The molecule has 2 atom stereocenters. The quantitative estimate of drug-likeness (QED) is 0.432. The van der Waals surface area contributed by atoms with Crippen molar-refractivity contribution in [3.8, 4) is 0 Å². The molecule has 0 fully saturated rings. The van der Waals surface area contributed by atoms with Gasteiger partial charge in [0.05, 0.1) is 19.0 Å². The number of carbonyl (C=O) groups is 3. The first-order chi connectivity index (χ1) is 15.8. The lowest BCUT2D eigenvalue weighted by Gasteiger charge is -2.25. The molecule has 0 heterocycles. The molecule has 8 heteroatoms. The van der Waals surface area contributed by atoms with Crippen LogP contribution in [0.3, 0.4) is 0 Å². The van der Waals surface area contributed by atoms with Gasteiger partial charge in [0.15, 0.2) is 6.10 Å². The topological polar surface area (TPSA) is 116 Å². The third-order valence-electron chi connectivity index (χ3n) is 5.16. The van der Waals surface area contributed by atoms with E-state index in [2.05, 4.69) is 5.32 Å². The standard InChI is InChI=1S/C25H26N2O6/c1-27(15-22(28)24(31)33-16-17-8-3-2-4-9-17)25(32)26-21(14-23(29)30)20-13-7-11-18-10-5-6-12-19(18)20/h2-13,21-22,28H,14-16H2,1H3,(H,26,32)(H,29,30). The second-order valence-corrected chi connectivity index (χ2v) is 7.66. The van der Waals surface area contributed by atoms with E-state index >= 15 is 0 Å². The van der Waals surface area contributed by atoms with Crippen LogP contribution in [0.1, 0.15) is 23.6 Å². The lowest BCUT2D eigenvalue weighted by Crippen LogP contribution is -2.45. The number of aliphatic carboxylic acids is 1. The summed E-state index contributed by atoms with van der Waals surface area (Å²) in [7, 11) is 1.41. The molecule has 3 N–H and O–H groups in total. The Hall–Kier alpha value is -3.91. The second-order valence-electron chi connectivity index (χ2n) is 7.66. The highest BCUT2D eigenvalue weighted by Gasteiger charge is 2.25. The van der Waals surface area contributed by atoms with Gasteiger partial charge in [-0.1, -0.05) is 72.8 Å². The normalized spacial score (nSPS) is 12.5. The Morgan fingerprint density at radius 3 is 2.36 bits per heavy atom. The number of amides is 2. The number of likely N-dealkylation sites (N-methyl/N-ethyl adjacent to an activating group) is 1. The molecule has 0 aliphatic rings. The first kappa shape index (κ1) is 23.7. The Morgan fingerprint density at radius 1 is 0.970 bits per heavy atom. The molecule has 0 spiro atoms. The van der Waals surface area contributed by atoms with Gasteiger partial charge in [0.25, 0.3) is 0 Å². The third kappa shape index (κ3) is 6.54. The molecular formula is C25H26N2O6. The summed E-state index contributed by atoms with van der Waals surface area (Å²) in [6.45, 7) is -0.302. The number of hydrogen-bond acceptors (Lipinski definition) is 5. The third-order valence-corrected chi connectivity index (χ3v) is 5.16. The number of carboxylic acids is 1. The lowest BCUT2D eigenvalue weighted by molar-refractivity contribution is -0.155. The molecule has 33 heavy (non-hydrogen) atoms. The SMILES string of the molecule is CN(CC(O)C(=O)OCc1ccccc1)C(=O)NC(CC(=O)O)c1cccc2ccccc12. The lowest BCUT2D eigenvalue weighted by atomic mass is 9.97. The summed E-state index contributed by atoms with van der Waals surface area (Å²) >= 11 is 0. The van der Waals surface area contributed by atoms with Gasteiger partial charge < -0.3 is 25.2 Å². The van der Waals surface area contributed by atoms with Crippen molar-refractivity contribution < 1.29 is 29.3 Å². The maximum Gasteiger partial charge on any atom is 0.337 e. The molecule has 0 bridgehead atoms. The largest absolute Gasteiger partial charge is 0.481 e. The average molecular weight is 450 g/mol. The Bertz CT molecular complexity index is 1110. The van der Waals surface area contributed by atoms with Gasteiger partial charge in [-0.15, -0.1) is 0 Å². The number of rotatable bonds is 9. The number of esters is 1. The molecule has 8 nitrogen and oxygen atoms in total. The Kier molecular flexibility index (Phi) is 7.99. The van der Waals surface area contributed by atoms with Crippen LogP contribution in [-0.2, 0) is 20.9 Å². The van der Waals surface area contributed by atoms with Crippen LogP contribution in [0.25, 0.3) is 10.8 Å². The van der Waals surface area contributed by atoms with Gasteiger partial charge in [0.1, 0.15) is 6.61 Å². The summed E-state index contributed by atoms with van der Waals surface area (Å²) in [5.41, 5.74) is 1.44. The van der Waals surface area contributed by atoms with Crippen LogP contribution < -0.4 is 5.32 Å². The number of aliphatic hydroxyl groups excluding tert-OH is 1. The number of ether oxygens (including phenoxy) is 1. The second kappa shape index (κ2) is 11.1. The highest BCUT2D eigenvalue weighted by Crippen LogP contribution is 2.26. The van der Waals surface area contributed by atoms with Crippen LogP contribution in [0.15, 0.2) is 72.8 Å². The summed E-state index contributed by atoms with van der Waals surface area (Å²) in [5.74, 6) is -1.92. The van der Waals surface area contributed by atoms with E-state index in [9.17, 15) is 24.6 Å². The highest BCUT2D eigenvalue weighted by atomic mass is 16.5. The minimum Gasteiger partial charge on any atom is -0.481 e. The number of benzene rings is 3. The van der Waals surface area contributed by atoms with Crippen LogP contribution in [0.2, 0.25) is 0 Å². The van der Waals surface area contributed by atoms with E-state index in [-0.39, 0.29) is 19.6 Å². The van der Waals surface area contributed by atoms with Crippen LogP contribution in [-0.4, -0.2) is 52.8 Å². The van der Waals surface area contributed by atoms with Gasteiger partial charge in [-0.25, -0.2) is 9.59 Å². The van der Waals surface area contributed by atoms with E-state index in [1.165, 1.54) is 7.05 Å². The fraction of sp³-hybridized carbons (Fsp3) is 0.240. The summed E-state index contributed by atoms with van der Waals surface area (Å²) in [6, 6.07) is 20.6. The molecule has 0 radical (unpaired) electrons. The molecule has 0 aliphatic carbocycles. The molecule has 0 aliphatic heterocycles. The number of nitrogens with zero attached hydrogens (tertiary/aromatic N) is 1. The molecule has 3 aromatic carbocycles. The molecule has 0 saturated heterocycles. The zero-order chi connectivity index (χ0) is 23.8. The summed E-state index contributed by atoms with van der Waals surface area (Å²) in [4.78, 5) is 37.4. The fourth-order valence-electron chi connectivity index (χ4n) is 3.47. The van der Waals surface area contributed by atoms with Crippen molar-refractivity contribution in [1.29, 1.82) is 0 Å². The van der Waals surface area contributed by atoms with E-state index in [0.717, 1.165) is 21.2 Å². The van der Waals surface area contributed by atoms with E-state index in [4.69, 9.17) is 4.74 Å². The minimum absolute atomic E-state index is 0.00834. The number of hydrogen-bond donors (Lipinski definition) is 3. The van der Waals surface area contributed by atoms with E-state index in [1.54, 1.807) is 36.4 Å². The van der Waals surface area contributed by atoms with Gasteiger partial charge in [0, 0.05) is 7.05 Å². The number of fused-ring (bicyclic) bond motifs is 1. The molecular weight excluding hydrogens is 424 g/mol. The van der Waals surface area contributed by atoms with E-state index in [1.807, 2.05) is 36.4 Å². The Balaban J connectivity index is 1.64. The molecule has 2 unspecified atom stereocenters. The first-order valence-electron chi connectivity index (χ1n) is 10.4. The van der Waals surface area contributed by atoms with Gasteiger partial charge in [-0.2, -0.15) is 0 Å². The van der Waals surface area contributed by atoms with Gasteiger partial charge in [0.2, 0.25) is 0 Å². The molecule has 3 aromatic rings. The van der Waals surface area contributed by atoms with Crippen molar-refractivity contribution in [2.75, 3.05) is 13.6 Å². The van der Waals surface area contributed by atoms with Gasteiger partial charge in [-0.05, 0) is 21.9 Å². The molecule has 0 saturated carbocycles. The number of nitrogens with one attached hydrogen (secondary N) is 1. The number of aliphatic hydroxyl groups is 1. The van der Waals surface area contributed by atoms with Gasteiger partial charge >= 0.3 is 18.0 Å². The first-order valence-corrected chi connectivity index (χ1v) is 10.4. The van der Waals surface area contributed by atoms with E-state index < -0.39 is 30.1 Å². The van der Waals surface area contributed by atoms with E-state index in [0.29, 0.717) is 5.56 Å². The zero-order valence-corrected chi connectivity index (χ0v) is 18.2. The monoisotopic (exact) mass is 450 g/mol. The zero-order valence-electron chi connectivity index (χ0n) is 18.2. The van der Waals surface area contributed by atoms with Crippen LogP contribution in [0, 0.1) is 0 Å². The van der Waals surface area contributed by atoms with Crippen molar-refractivity contribution in [3.05, 3.63) is 83.9 Å². The number of carbonyl (C=O) groups excluding carboxylic acids is 2. The molecule has 172 valence electrons. The van der Waals surface area contributed by atoms with Gasteiger partial charge in [-0.3, -0.25) is 4.79 Å². The summed E-state index contributed by atoms with van der Waals surface area (Å²) in [6.07, 6.45) is -1.87. The minimum atomic E-state index is -1.54. The van der Waals surface area contributed by atoms with Crippen LogP contribution in [0.4, 0.5) is 4.79 Å². The van der Waals surface area contributed by atoms with Crippen molar-refractivity contribution in [2.24, 2.45) is 0 Å². The molecule has 0 aromatic heterocycles. The maximum atomic E-state index is 12.7. The molecule has 2 amide bonds. The van der Waals surface area contributed by atoms with Crippen molar-refractivity contribution in [1.82, 2.24) is 10.2 Å². The predicted octanol–water partition coefficient (Wildman–Crippen LogP) is 3.10.